The van der Waals surface area contributed by atoms with Gasteiger partial charge in [0.05, 0.1) is 5.02 Å². The third kappa shape index (κ3) is 2.30. The predicted octanol–water partition coefficient (Wildman–Crippen LogP) is 2.19. The molecule has 15 heavy (non-hydrogen) atoms. The lowest BCUT2D eigenvalue weighted by molar-refractivity contribution is 0.0984. The van der Waals surface area contributed by atoms with Crippen LogP contribution < -0.4 is 5.73 Å². The molecule has 0 aromatic heterocycles. The van der Waals surface area contributed by atoms with Crippen LogP contribution in [-0.2, 0) is 0 Å². The first-order valence-electron chi connectivity index (χ1n) is 4.71. The largest absolute Gasteiger partial charge is 0.506 e. The van der Waals surface area contributed by atoms with Crippen LogP contribution in [0, 0.1) is 13.8 Å². The van der Waals surface area contributed by atoms with E-state index in [0.29, 0.717) is 28.3 Å². The third-order valence-electron chi connectivity index (χ3n) is 2.35. The number of benzene rings is 1. The highest BCUT2D eigenvalue weighted by Crippen LogP contribution is 2.33. The number of ketones is 1. The number of aromatic hydroxyl groups is 1. The first-order valence-corrected chi connectivity index (χ1v) is 5.08. The number of phenols is 1. The molecular formula is C11H14ClNO2. The number of nitrogens with two attached hydrogens (primary N) is 1. The maximum atomic E-state index is 11.6. The number of hydrogen-bond acceptors (Lipinski definition) is 3. The Hall–Kier alpha value is -1.06. The van der Waals surface area contributed by atoms with Crippen molar-refractivity contribution in [2.45, 2.75) is 20.3 Å². The minimum absolute atomic E-state index is 0.0166. The summed E-state index contributed by atoms with van der Waals surface area (Å²) in [7, 11) is 0. The van der Waals surface area contributed by atoms with E-state index in [0.717, 1.165) is 0 Å². The van der Waals surface area contributed by atoms with Gasteiger partial charge in [0.1, 0.15) is 5.75 Å². The van der Waals surface area contributed by atoms with Crippen molar-refractivity contribution >= 4 is 17.4 Å². The van der Waals surface area contributed by atoms with E-state index in [1.54, 1.807) is 19.9 Å². The molecule has 82 valence electrons. The molecule has 0 bridgehead atoms. The van der Waals surface area contributed by atoms with Gasteiger partial charge < -0.3 is 10.8 Å². The second-order valence-electron chi connectivity index (χ2n) is 3.49. The Morgan fingerprint density at radius 1 is 1.53 bits per heavy atom. The molecule has 0 aliphatic rings. The molecule has 0 saturated heterocycles. The van der Waals surface area contributed by atoms with Crippen LogP contribution in [0.2, 0.25) is 5.02 Å². The molecule has 0 saturated carbocycles. The summed E-state index contributed by atoms with van der Waals surface area (Å²) in [5.41, 5.74) is 7.03. The number of Topliss-reactive ketones (excluding diaryl/α,β-unsaturated/α-hetero) is 1. The van der Waals surface area contributed by atoms with E-state index in [2.05, 4.69) is 0 Å². The number of halogens is 1. The molecule has 0 radical (unpaired) electrons. The zero-order chi connectivity index (χ0) is 11.6. The maximum Gasteiger partial charge on any atom is 0.164 e. The van der Waals surface area contributed by atoms with Gasteiger partial charge in [-0.15, -0.1) is 0 Å². The second-order valence-corrected chi connectivity index (χ2v) is 3.87. The highest BCUT2D eigenvalue weighted by Gasteiger charge is 2.15. The van der Waals surface area contributed by atoms with E-state index in [9.17, 15) is 9.90 Å². The molecule has 0 spiro atoms. The van der Waals surface area contributed by atoms with Crippen LogP contribution in [0.1, 0.15) is 27.9 Å². The van der Waals surface area contributed by atoms with E-state index in [1.165, 1.54) is 0 Å². The molecule has 0 heterocycles. The fourth-order valence-corrected chi connectivity index (χ4v) is 1.62. The average Bonchev–Trinajstić information content (AvgIpc) is 2.20. The van der Waals surface area contributed by atoms with Crippen molar-refractivity contribution in [3.63, 3.8) is 0 Å². The molecule has 1 rings (SSSR count). The monoisotopic (exact) mass is 227 g/mol. The maximum absolute atomic E-state index is 11.6. The van der Waals surface area contributed by atoms with Crippen LogP contribution in [0.15, 0.2) is 6.07 Å². The lowest BCUT2D eigenvalue weighted by Gasteiger charge is -2.10. The van der Waals surface area contributed by atoms with Gasteiger partial charge in [0, 0.05) is 17.5 Å². The summed E-state index contributed by atoms with van der Waals surface area (Å²) in [6.45, 7) is 3.73. The van der Waals surface area contributed by atoms with Gasteiger partial charge in [0.15, 0.2) is 5.78 Å². The summed E-state index contributed by atoms with van der Waals surface area (Å²) >= 11 is 5.85. The summed E-state index contributed by atoms with van der Waals surface area (Å²) in [5, 5.41) is 9.97. The molecule has 4 heteroatoms. The topological polar surface area (TPSA) is 63.3 Å². The smallest absolute Gasteiger partial charge is 0.164 e. The number of rotatable bonds is 3. The molecule has 0 atom stereocenters. The molecule has 1 aromatic carbocycles. The number of phenolic OH excluding ortho intramolecular Hbond substituents is 1. The summed E-state index contributed by atoms with van der Waals surface area (Å²) in [4.78, 5) is 11.6. The van der Waals surface area contributed by atoms with Crippen LogP contribution in [0.4, 0.5) is 0 Å². The van der Waals surface area contributed by atoms with Crippen LogP contribution in [-0.4, -0.2) is 17.4 Å². The first kappa shape index (κ1) is 12.0. The van der Waals surface area contributed by atoms with Gasteiger partial charge in [-0.1, -0.05) is 11.6 Å². The third-order valence-corrected chi connectivity index (χ3v) is 2.82. The molecule has 0 aliphatic heterocycles. The van der Waals surface area contributed by atoms with Crippen molar-refractivity contribution in [1.82, 2.24) is 0 Å². The van der Waals surface area contributed by atoms with E-state index >= 15 is 0 Å². The average molecular weight is 228 g/mol. The minimum Gasteiger partial charge on any atom is -0.506 e. The molecule has 3 N–H and O–H groups in total. The van der Waals surface area contributed by atoms with Crippen molar-refractivity contribution in [3.05, 3.63) is 27.8 Å². The molecule has 0 unspecified atom stereocenters. The fourth-order valence-electron chi connectivity index (χ4n) is 1.42. The van der Waals surface area contributed by atoms with Crippen LogP contribution in [0.5, 0.6) is 5.75 Å². The van der Waals surface area contributed by atoms with E-state index in [1.807, 2.05) is 0 Å². The van der Waals surface area contributed by atoms with Gasteiger partial charge >= 0.3 is 0 Å². The zero-order valence-electron chi connectivity index (χ0n) is 8.80. The van der Waals surface area contributed by atoms with Crippen LogP contribution in [0.25, 0.3) is 0 Å². The van der Waals surface area contributed by atoms with Crippen molar-refractivity contribution < 1.29 is 9.90 Å². The van der Waals surface area contributed by atoms with Crippen molar-refractivity contribution in [3.8, 4) is 5.75 Å². The van der Waals surface area contributed by atoms with Gasteiger partial charge in [-0.2, -0.15) is 0 Å². The molecular weight excluding hydrogens is 214 g/mol. The quantitative estimate of drug-likeness (QED) is 0.779. The lowest BCUT2D eigenvalue weighted by Crippen LogP contribution is -2.09. The Balaban J connectivity index is 3.26. The van der Waals surface area contributed by atoms with E-state index in [4.69, 9.17) is 17.3 Å². The molecule has 0 fully saturated rings. The fraction of sp³-hybridized carbons (Fsp3) is 0.364. The SMILES string of the molecule is Cc1cc(C(=O)CCN)c(C)c(O)c1Cl. The standard InChI is InChI=1S/C11H14ClNO2/c1-6-5-8(9(14)3-4-13)7(2)11(15)10(6)12/h5,15H,3-4,13H2,1-2H3. The van der Waals surface area contributed by atoms with E-state index < -0.39 is 0 Å². The van der Waals surface area contributed by atoms with Crippen LogP contribution >= 0.6 is 11.6 Å². The number of aryl methyl sites for hydroxylation is 1. The van der Waals surface area contributed by atoms with Gasteiger partial charge in [-0.05, 0) is 32.0 Å². The minimum atomic E-state index is -0.0648. The van der Waals surface area contributed by atoms with Gasteiger partial charge in [0.2, 0.25) is 0 Å². The van der Waals surface area contributed by atoms with E-state index in [-0.39, 0.29) is 18.0 Å². The summed E-state index contributed by atoms with van der Waals surface area (Å²) in [6.07, 6.45) is 0.279. The van der Waals surface area contributed by atoms with Crippen molar-refractivity contribution in [2.75, 3.05) is 6.54 Å². The Labute approximate surface area is 93.9 Å². The second kappa shape index (κ2) is 4.64. The zero-order valence-corrected chi connectivity index (χ0v) is 9.56. The summed E-state index contributed by atoms with van der Waals surface area (Å²) in [5.74, 6) is -0.0814. The van der Waals surface area contributed by atoms with Crippen molar-refractivity contribution in [1.29, 1.82) is 0 Å². The Morgan fingerprint density at radius 2 is 2.13 bits per heavy atom. The molecule has 0 aliphatic carbocycles. The Morgan fingerprint density at radius 3 is 2.67 bits per heavy atom. The normalized spacial score (nSPS) is 10.4. The van der Waals surface area contributed by atoms with Gasteiger partial charge in [-0.25, -0.2) is 0 Å². The van der Waals surface area contributed by atoms with Crippen molar-refractivity contribution in [2.24, 2.45) is 5.73 Å². The molecule has 3 nitrogen and oxygen atoms in total. The van der Waals surface area contributed by atoms with Crippen LogP contribution in [0.3, 0.4) is 0 Å². The Kier molecular flexibility index (Phi) is 3.72. The predicted molar refractivity (Wildman–Crippen MR) is 60.6 cm³/mol. The summed E-state index contributed by atoms with van der Waals surface area (Å²) in [6, 6.07) is 1.69. The highest BCUT2D eigenvalue weighted by atomic mass is 35.5. The van der Waals surface area contributed by atoms with Gasteiger partial charge in [0.25, 0.3) is 0 Å². The first-order chi connectivity index (χ1) is 6.99. The lowest BCUT2D eigenvalue weighted by atomic mass is 9.99. The highest BCUT2D eigenvalue weighted by molar-refractivity contribution is 6.33. The molecule has 1 aromatic rings. The molecule has 0 amide bonds. The number of carbonyl (C=O) groups is 1. The van der Waals surface area contributed by atoms with Gasteiger partial charge in [-0.3, -0.25) is 4.79 Å². The summed E-state index contributed by atoms with van der Waals surface area (Å²) < 4.78 is 0. The Bertz CT molecular complexity index is 402. The number of carbonyl (C=O) groups excluding carboxylic acids is 1. The number of hydrogen-bond donors (Lipinski definition) is 2.